The summed E-state index contributed by atoms with van der Waals surface area (Å²) in [6, 6.07) is 5.64. The van der Waals surface area contributed by atoms with Gasteiger partial charge in [-0.05, 0) is 38.0 Å². The largest absolute Gasteiger partial charge is 0.481 e. The van der Waals surface area contributed by atoms with E-state index in [2.05, 4.69) is 0 Å². The van der Waals surface area contributed by atoms with Crippen molar-refractivity contribution >= 4 is 5.97 Å². The Kier molecular flexibility index (Phi) is 3.95. The molecule has 0 bridgehead atoms. The van der Waals surface area contributed by atoms with E-state index < -0.39 is 11.4 Å². The second kappa shape index (κ2) is 5.48. The summed E-state index contributed by atoms with van der Waals surface area (Å²) in [4.78, 5) is 10.9. The first-order chi connectivity index (χ1) is 8.99. The number of benzene rings is 1. The van der Waals surface area contributed by atoms with Gasteiger partial charge in [-0.2, -0.15) is 0 Å². The SMILES string of the molecule is CC(C)(CCOCc1ccc2c(c1)OCO2)C(=O)O. The molecule has 0 aromatic heterocycles. The van der Waals surface area contributed by atoms with Crippen molar-refractivity contribution < 1.29 is 24.1 Å². The van der Waals surface area contributed by atoms with Crippen LogP contribution in [0.1, 0.15) is 25.8 Å². The van der Waals surface area contributed by atoms with Crippen LogP contribution in [-0.4, -0.2) is 24.5 Å². The van der Waals surface area contributed by atoms with Crippen LogP contribution in [0.25, 0.3) is 0 Å². The number of carboxylic acid groups (broad SMARTS) is 1. The summed E-state index contributed by atoms with van der Waals surface area (Å²) in [5.41, 5.74) is 0.229. The lowest BCUT2D eigenvalue weighted by molar-refractivity contribution is -0.148. The maximum absolute atomic E-state index is 10.9. The second-order valence-corrected chi connectivity index (χ2v) is 5.18. The van der Waals surface area contributed by atoms with Gasteiger partial charge in [0.05, 0.1) is 12.0 Å². The van der Waals surface area contributed by atoms with Gasteiger partial charge in [0.25, 0.3) is 0 Å². The highest BCUT2D eigenvalue weighted by Crippen LogP contribution is 2.32. The highest BCUT2D eigenvalue weighted by molar-refractivity contribution is 5.73. The molecule has 1 aromatic carbocycles. The normalized spacial score (nSPS) is 13.6. The predicted molar refractivity (Wildman–Crippen MR) is 68.3 cm³/mol. The molecule has 0 unspecified atom stereocenters. The number of rotatable bonds is 6. The van der Waals surface area contributed by atoms with E-state index in [-0.39, 0.29) is 6.79 Å². The number of ether oxygens (including phenoxy) is 3. The molecule has 0 saturated carbocycles. The van der Waals surface area contributed by atoms with E-state index in [9.17, 15) is 4.79 Å². The van der Waals surface area contributed by atoms with Gasteiger partial charge in [-0.1, -0.05) is 6.07 Å². The minimum absolute atomic E-state index is 0.256. The number of fused-ring (bicyclic) bond motifs is 1. The highest BCUT2D eigenvalue weighted by Gasteiger charge is 2.26. The van der Waals surface area contributed by atoms with E-state index in [0.717, 1.165) is 17.1 Å². The van der Waals surface area contributed by atoms with Crippen LogP contribution in [0.4, 0.5) is 0 Å². The van der Waals surface area contributed by atoms with E-state index in [1.165, 1.54) is 0 Å². The molecule has 1 aliphatic heterocycles. The van der Waals surface area contributed by atoms with Gasteiger partial charge in [-0.25, -0.2) is 0 Å². The van der Waals surface area contributed by atoms with Crippen molar-refractivity contribution in [1.29, 1.82) is 0 Å². The van der Waals surface area contributed by atoms with Gasteiger partial charge >= 0.3 is 5.97 Å². The van der Waals surface area contributed by atoms with E-state index in [0.29, 0.717) is 19.6 Å². The van der Waals surface area contributed by atoms with Crippen LogP contribution < -0.4 is 9.47 Å². The molecular formula is C14H18O5. The zero-order valence-corrected chi connectivity index (χ0v) is 11.1. The minimum Gasteiger partial charge on any atom is -0.481 e. The Bertz CT molecular complexity index is 467. The third kappa shape index (κ3) is 3.38. The number of carboxylic acids is 1. The zero-order valence-electron chi connectivity index (χ0n) is 11.1. The molecule has 2 rings (SSSR count). The van der Waals surface area contributed by atoms with Crippen LogP contribution in [0.5, 0.6) is 11.5 Å². The Morgan fingerprint density at radius 2 is 2.11 bits per heavy atom. The molecule has 5 nitrogen and oxygen atoms in total. The van der Waals surface area contributed by atoms with Gasteiger partial charge in [0.15, 0.2) is 11.5 Å². The van der Waals surface area contributed by atoms with Gasteiger partial charge in [-0.15, -0.1) is 0 Å². The first kappa shape index (κ1) is 13.7. The Balaban J connectivity index is 1.79. The number of carbonyl (C=O) groups is 1. The average Bonchev–Trinajstić information content (AvgIpc) is 2.81. The molecule has 0 aliphatic carbocycles. The summed E-state index contributed by atoms with van der Waals surface area (Å²) in [5.74, 6) is 0.668. The standard InChI is InChI=1S/C14H18O5/c1-14(2,13(15)16)5-6-17-8-10-3-4-11-12(7-10)19-9-18-11/h3-4,7H,5-6,8-9H2,1-2H3,(H,15,16). The summed E-state index contributed by atoms with van der Waals surface area (Å²) >= 11 is 0. The first-order valence-electron chi connectivity index (χ1n) is 6.19. The van der Waals surface area contributed by atoms with Crippen molar-refractivity contribution in [3.05, 3.63) is 23.8 Å². The summed E-state index contributed by atoms with van der Waals surface area (Å²) in [6.45, 7) is 4.49. The van der Waals surface area contributed by atoms with Gasteiger partial charge in [0, 0.05) is 6.61 Å². The van der Waals surface area contributed by atoms with E-state index in [1.54, 1.807) is 13.8 Å². The molecule has 0 radical (unpaired) electrons. The van der Waals surface area contributed by atoms with Crippen LogP contribution >= 0.6 is 0 Å². The van der Waals surface area contributed by atoms with Gasteiger partial charge in [0.1, 0.15) is 0 Å². The van der Waals surface area contributed by atoms with Crippen LogP contribution in [0, 0.1) is 5.41 Å². The van der Waals surface area contributed by atoms with E-state index in [4.69, 9.17) is 19.3 Å². The van der Waals surface area contributed by atoms with Crippen LogP contribution in [0.15, 0.2) is 18.2 Å². The van der Waals surface area contributed by atoms with Crippen molar-refractivity contribution in [2.45, 2.75) is 26.9 Å². The van der Waals surface area contributed by atoms with E-state index in [1.807, 2.05) is 18.2 Å². The highest BCUT2D eigenvalue weighted by atomic mass is 16.7. The molecule has 19 heavy (non-hydrogen) atoms. The fourth-order valence-electron chi connectivity index (χ4n) is 1.66. The van der Waals surface area contributed by atoms with Crippen molar-refractivity contribution in [3.63, 3.8) is 0 Å². The smallest absolute Gasteiger partial charge is 0.309 e. The Labute approximate surface area is 112 Å². The van der Waals surface area contributed by atoms with Crippen molar-refractivity contribution in [2.24, 2.45) is 5.41 Å². The average molecular weight is 266 g/mol. The molecule has 0 atom stereocenters. The molecule has 104 valence electrons. The topological polar surface area (TPSA) is 65.0 Å². The number of aliphatic carboxylic acids is 1. The molecule has 1 heterocycles. The summed E-state index contributed by atoms with van der Waals surface area (Å²) in [5, 5.41) is 8.98. The molecule has 0 spiro atoms. The van der Waals surface area contributed by atoms with Gasteiger partial charge < -0.3 is 19.3 Å². The molecule has 0 saturated heterocycles. The summed E-state index contributed by atoms with van der Waals surface area (Å²) < 4.78 is 16.0. The fourth-order valence-corrected chi connectivity index (χ4v) is 1.66. The zero-order chi connectivity index (χ0) is 13.9. The monoisotopic (exact) mass is 266 g/mol. The number of hydrogen-bond donors (Lipinski definition) is 1. The molecule has 1 aromatic rings. The fraction of sp³-hybridized carbons (Fsp3) is 0.500. The minimum atomic E-state index is -0.806. The van der Waals surface area contributed by atoms with Crippen LogP contribution in [-0.2, 0) is 16.1 Å². The first-order valence-corrected chi connectivity index (χ1v) is 6.19. The molecular weight excluding hydrogens is 248 g/mol. The van der Waals surface area contributed by atoms with Gasteiger partial charge in [0.2, 0.25) is 6.79 Å². The van der Waals surface area contributed by atoms with Crippen LogP contribution in [0.2, 0.25) is 0 Å². The van der Waals surface area contributed by atoms with Gasteiger partial charge in [-0.3, -0.25) is 4.79 Å². The van der Waals surface area contributed by atoms with E-state index >= 15 is 0 Å². The third-order valence-corrected chi connectivity index (χ3v) is 3.16. The lowest BCUT2D eigenvalue weighted by Gasteiger charge is -2.18. The molecule has 1 aliphatic rings. The summed E-state index contributed by atoms with van der Waals surface area (Å²) in [7, 11) is 0. The van der Waals surface area contributed by atoms with Crippen molar-refractivity contribution in [2.75, 3.05) is 13.4 Å². The molecule has 1 N–H and O–H groups in total. The molecule has 5 heteroatoms. The lowest BCUT2D eigenvalue weighted by atomic mass is 9.90. The van der Waals surface area contributed by atoms with Crippen molar-refractivity contribution in [1.82, 2.24) is 0 Å². The molecule has 0 fully saturated rings. The summed E-state index contributed by atoms with van der Waals surface area (Å²) in [6.07, 6.45) is 0.479. The maximum Gasteiger partial charge on any atom is 0.309 e. The quantitative estimate of drug-likeness (QED) is 0.801. The Morgan fingerprint density at radius 3 is 2.84 bits per heavy atom. The Morgan fingerprint density at radius 1 is 1.37 bits per heavy atom. The van der Waals surface area contributed by atoms with Crippen molar-refractivity contribution in [3.8, 4) is 11.5 Å². The second-order valence-electron chi connectivity index (χ2n) is 5.18. The lowest BCUT2D eigenvalue weighted by Crippen LogP contribution is -2.25. The predicted octanol–water partition coefficient (Wildman–Crippen LogP) is 2.43. The number of hydrogen-bond acceptors (Lipinski definition) is 4. The Hall–Kier alpha value is -1.75. The third-order valence-electron chi connectivity index (χ3n) is 3.16. The maximum atomic E-state index is 10.9. The van der Waals surface area contributed by atoms with Crippen LogP contribution in [0.3, 0.4) is 0 Å². The molecule has 0 amide bonds.